The molecule has 0 saturated heterocycles. The Hall–Kier alpha value is -3.74. The zero-order valence-corrected chi connectivity index (χ0v) is 15.4. The van der Waals surface area contributed by atoms with Gasteiger partial charge in [0.15, 0.2) is 5.69 Å². The molecule has 2 N–H and O–H groups in total. The van der Waals surface area contributed by atoms with Gasteiger partial charge in [0.05, 0.1) is 4.92 Å². The van der Waals surface area contributed by atoms with Crippen LogP contribution in [0.3, 0.4) is 0 Å². The molecule has 0 unspecified atom stereocenters. The minimum atomic E-state index is -0.436. The Morgan fingerprint density at radius 1 is 1.07 bits per heavy atom. The van der Waals surface area contributed by atoms with E-state index in [0.717, 1.165) is 5.56 Å². The Morgan fingerprint density at radius 3 is 2.57 bits per heavy atom. The predicted molar refractivity (Wildman–Crippen MR) is 108 cm³/mol. The van der Waals surface area contributed by atoms with Crippen LogP contribution in [0.2, 0.25) is 0 Å². The molecule has 0 spiro atoms. The molecule has 1 amide bonds. The molecular weight excluding hydrogens is 356 g/mol. The smallest absolute Gasteiger partial charge is 0.295 e. The van der Waals surface area contributed by atoms with Crippen molar-refractivity contribution in [2.45, 2.75) is 13.5 Å². The van der Waals surface area contributed by atoms with Gasteiger partial charge in [0.25, 0.3) is 11.6 Å². The van der Waals surface area contributed by atoms with Crippen LogP contribution in [0.15, 0.2) is 66.7 Å². The molecule has 0 aliphatic heterocycles. The Labute approximate surface area is 162 Å². The first kappa shape index (κ1) is 19.0. The molecule has 0 aliphatic carbocycles. The Balaban J connectivity index is 1.81. The van der Waals surface area contributed by atoms with Gasteiger partial charge in [0.1, 0.15) is 5.82 Å². The maximum atomic E-state index is 12.0. The highest BCUT2D eigenvalue weighted by atomic mass is 16.6. The molecule has 0 aliphatic rings. The van der Waals surface area contributed by atoms with E-state index in [9.17, 15) is 14.9 Å². The SMILES string of the molecule is CCNC(=O)c1cccc(CNc2ccc([N+](=O)[O-])c(-c3ccccc3)n2)c1. The van der Waals surface area contributed by atoms with Gasteiger partial charge in [0, 0.05) is 30.3 Å². The number of carbonyl (C=O) groups is 1. The van der Waals surface area contributed by atoms with Gasteiger partial charge in [-0.15, -0.1) is 0 Å². The summed E-state index contributed by atoms with van der Waals surface area (Å²) in [4.78, 5) is 27.3. The van der Waals surface area contributed by atoms with Gasteiger partial charge in [-0.3, -0.25) is 14.9 Å². The van der Waals surface area contributed by atoms with Crippen LogP contribution in [-0.2, 0) is 6.54 Å². The number of rotatable bonds is 7. The van der Waals surface area contributed by atoms with E-state index in [4.69, 9.17) is 0 Å². The fourth-order valence-electron chi connectivity index (χ4n) is 2.78. The lowest BCUT2D eigenvalue weighted by molar-refractivity contribution is -0.384. The van der Waals surface area contributed by atoms with E-state index in [2.05, 4.69) is 15.6 Å². The number of nitro groups is 1. The van der Waals surface area contributed by atoms with Crippen LogP contribution in [-0.4, -0.2) is 22.4 Å². The van der Waals surface area contributed by atoms with Crippen molar-refractivity contribution in [2.24, 2.45) is 0 Å². The van der Waals surface area contributed by atoms with E-state index in [0.29, 0.717) is 35.7 Å². The van der Waals surface area contributed by atoms with Crippen molar-refractivity contribution >= 4 is 17.4 Å². The average Bonchev–Trinajstić information content (AvgIpc) is 2.73. The lowest BCUT2D eigenvalue weighted by Crippen LogP contribution is -2.22. The normalized spacial score (nSPS) is 10.3. The van der Waals surface area contributed by atoms with Gasteiger partial charge >= 0.3 is 0 Å². The van der Waals surface area contributed by atoms with E-state index in [1.165, 1.54) is 6.07 Å². The van der Waals surface area contributed by atoms with E-state index in [1.807, 2.05) is 43.3 Å². The minimum absolute atomic E-state index is 0.0463. The molecule has 142 valence electrons. The molecule has 1 aromatic heterocycles. The summed E-state index contributed by atoms with van der Waals surface area (Å²) in [5, 5.41) is 17.3. The second-order valence-electron chi connectivity index (χ2n) is 6.10. The number of amides is 1. The minimum Gasteiger partial charge on any atom is -0.366 e. The van der Waals surface area contributed by atoms with Crippen molar-refractivity contribution in [1.82, 2.24) is 10.3 Å². The zero-order valence-electron chi connectivity index (χ0n) is 15.4. The third-order valence-corrected chi connectivity index (χ3v) is 4.12. The van der Waals surface area contributed by atoms with Crippen molar-refractivity contribution < 1.29 is 9.72 Å². The molecule has 3 rings (SSSR count). The fourth-order valence-corrected chi connectivity index (χ4v) is 2.78. The maximum absolute atomic E-state index is 12.0. The van der Waals surface area contributed by atoms with Gasteiger partial charge in [-0.25, -0.2) is 4.98 Å². The van der Waals surface area contributed by atoms with Crippen molar-refractivity contribution in [3.8, 4) is 11.3 Å². The lowest BCUT2D eigenvalue weighted by atomic mass is 10.1. The standard InChI is InChI=1S/C21H20N4O3/c1-2-22-21(26)17-10-6-7-15(13-17)14-23-19-12-11-18(25(27)28)20(24-19)16-8-4-3-5-9-16/h3-13H,2,14H2,1H3,(H,22,26)(H,23,24). The summed E-state index contributed by atoms with van der Waals surface area (Å²) in [6.07, 6.45) is 0. The molecule has 0 atom stereocenters. The summed E-state index contributed by atoms with van der Waals surface area (Å²) in [6, 6.07) is 19.4. The molecule has 1 heterocycles. The van der Waals surface area contributed by atoms with Gasteiger partial charge in [0.2, 0.25) is 0 Å². The third-order valence-electron chi connectivity index (χ3n) is 4.12. The summed E-state index contributed by atoms with van der Waals surface area (Å²) in [7, 11) is 0. The van der Waals surface area contributed by atoms with Gasteiger partial charge < -0.3 is 10.6 Å². The zero-order chi connectivity index (χ0) is 19.9. The van der Waals surface area contributed by atoms with Crippen LogP contribution in [0.4, 0.5) is 11.5 Å². The van der Waals surface area contributed by atoms with Crippen molar-refractivity contribution in [3.05, 3.63) is 88.0 Å². The van der Waals surface area contributed by atoms with Crippen LogP contribution < -0.4 is 10.6 Å². The molecule has 28 heavy (non-hydrogen) atoms. The second kappa shape index (κ2) is 8.77. The highest BCUT2D eigenvalue weighted by Gasteiger charge is 2.17. The van der Waals surface area contributed by atoms with Crippen LogP contribution in [0.5, 0.6) is 0 Å². The number of benzene rings is 2. The van der Waals surface area contributed by atoms with Crippen LogP contribution in [0, 0.1) is 10.1 Å². The summed E-state index contributed by atoms with van der Waals surface area (Å²) in [5.74, 6) is 0.400. The molecule has 3 aromatic rings. The second-order valence-corrected chi connectivity index (χ2v) is 6.10. The Kier molecular flexibility index (Phi) is 5.96. The monoisotopic (exact) mass is 376 g/mol. The molecular formula is C21H20N4O3. The fraction of sp³-hybridized carbons (Fsp3) is 0.143. The highest BCUT2D eigenvalue weighted by molar-refractivity contribution is 5.94. The summed E-state index contributed by atoms with van der Waals surface area (Å²) >= 11 is 0. The first-order valence-electron chi connectivity index (χ1n) is 8.90. The molecule has 0 bridgehead atoms. The Morgan fingerprint density at radius 2 is 1.86 bits per heavy atom. The number of hydrogen-bond acceptors (Lipinski definition) is 5. The number of hydrogen-bond donors (Lipinski definition) is 2. The molecule has 7 nitrogen and oxygen atoms in total. The lowest BCUT2D eigenvalue weighted by Gasteiger charge is -2.10. The molecule has 0 radical (unpaired) electrons. The number of nitrogens with one attached hydrogen (secondary N) is 2. The Bertz CT molecular complexity index is 990. The summed E-state index contributed by atoms with van der Waals surface area (Å²) < 4.78 is 0. The van der Waals surface area contributed by atoms with Gasteiger partial charge in [-0.2, -0.15) is 0 Å². The quantitative estimate of drug-likeness (QED) is 0.479. The van der Waals surface area contributed by atoms with Crippen LogP contribution in [0.1, 0.15) is 22.8 Å². The topological polar surface area (TPSA) is 97.2 Å². The third kappa shape index (κ3) is 4.50. The number of aromatic nitrogens is 1. The summed E-state index contributed by atoms with van der Waals surface area (Å²) in [6.45, 7) is 2.87. The number of pyridine rings is 1. The van der Waals surface area contributed by atoms with Crippen LogP contribution in [0.25, 0.3) is 11.3 Å². The molecule has 0 fully saturated rings. The largest absolute Gasteiger partial charge is 0.366 e. The first-order valence-corrected chi connectivity index (χ1v) is 8.90. The van der Waals surface area contributed by atoms with E-state index < -0.39 is 4.92 Å². The number of nitrogens with zero attached hydrogens (tertiary/aromatic N) is 2. The predicted octanol–water partition coefficient (Wildman–Crippen LogP) is 4.02. The molecule has 7 heteroatoms. The van der Waals surface area contributed by atoms with Crippen molar-refractivity contribution in [1.29, 1.82) is 0 Å². The van der Waals surface area contributed by atoms with Gasteiger partial charge in [-0.05, 0) is 30.7 Å². The van der Waals surface area contributed by atoms with Crippen LogP contribution >= 0.6 is 0 Å². The maximum Gasteiger partial charge on any atom is 0.295 e. The van der Waals surface area contributed by atoms with E-state index in [1.54, 1.807) is 24.3 Å². The first-order chi connectivity index (χ1) is 13.6. The average molecular weight is 376 g/mol. The number of anilines is 1. The van der Waals surface area contributed by atoms with Crippen molar-refractivity contribution in [3.63, 3.8) is 0 Å². The van der Waals surface area contributed by atoms with Gasteiger partial charge in [-0.1, -0.05) is 42.5 Å². The van der Waals surface area contributed by atoms with E-state index in [-0.39, 0.29) is 11.6 Å². The highest BCUT2D eigenvalue weighted by Crippen LogP contribution is 2.29. The summed E-state index contributed by atoms with van der Waals surface area (Å²) in [5.41, 5.74) is 2.44. The number of carbonyl (C=O) groups excluding carboxylic acids is 1. The molecule has 2 aromatic carbocycles. The van der Waals surface area contributed by atoms with E-state index >= 15 is 0 Å². The molecule has 0 saturated carbocycles. The van der Waals surface area contributed by atoms with Crippen molar-refractivity contribution in [2.75, 3.05) is 11.9 Å².